The maximum absolute atomic E-state index is 13.9. The molecule has 6 atom stereocenters. The quantitative estimate of drug-likeness (QED) is 0.116. The first-order chi connectivity index (χ1) is 14.5. The first-order valence-electron chi connectivity index (χ1n) is 10.8. The molecule has 0 heterocycles. The Hall–Kier alpha value is 1.46. The normalized spacial score (nSPS) is 20.9. The van der Waals surface area contributed by atoms with Crippen molar-refractivity contribution in [1.29, 1.82) is 0 Å². The van der Waals surface area contributed by atoms with Crippen molar-refractivity contribution in [1.82, 2.24) is 0 Å². The van der Waals surface area contributed by atoms with E-state index in [1.54, 1.807) is 6.92 Å². The molecule has 0 aliphatic carbocycles. The molecule has 0 aliphatic heterocycles. The highest BCUT2D eigenvalue weighted by molar-refractivity contribution is 7.72. The summed E-state index contributed by atoms with van der Waals surface area (Å²) in [5, 5.41) is -2.69. The highest BCUT2D eigenvalue weighted by Crippen LogP contribution is 2.71. The third kappa shape index (κ3) is 12.1. The molecule has 0 aliphatic rings. The van der Waals surface area contributed by atoms with E-state index in [-0.39, 0.29) is 54.4 Å². The van der Waals surface area contributed by atoms with Crippen molar-refractivity contribution in [2.45, 2.75) is 93.6 Å². The van der Waals surface area contributed by atoms with E-state index in [0.717, 1.165) is 0 Å². The largest absolute Gasteiger partial charge is 0.345 e. The Bertz CT molecular complexity index is 490. The molecule has 0 aromatic rings. The lowest BCUT2D eigenvalue weighted by Gasteiger charge is -2.32. The van der Waals surface area contributed by atoms with Gasteiger partial charge in [0.2, 0.25) is 0 Å². The van der Waals surface area contributed by atoms with Gasteiger partial charge in [-0.05, 0) is 32.1 Å². The SMILES string of the molecule is CCC(P(=O)(OC[C@H](Cl)CC)OC[C@@H](Cl)CC)P(=O)(OC[C@H](Cl)CC)OC[C@@H](Cl)CC. The van der Waals surface area contributed by atoms with Crippen LogP contribution < -0.4 is 0 Å². The van der Waals surface area contributed by atoms with Crippen LogP contribution in [0.15, 0.2) is 0 Å². The summed E-state index contributed by atoms with van der Waals surface area (Å²) < 4.78 is 50.5. The van der Waals surface area contributed by atoms with Crippen LogP contribution in [0.2, 0.25) is 0 Å². The van der Waals surface area contributed by atoms with E-state index in [0.29, 0.717) is 25.7 Å². The molecule has 0 rings (SSSR count). The molecule has 12 heteroatoms. The van der Waals surface area contributed by atoms with Crippen LogP contribution in [-0.4, -0.2) is 53.3 Å². The second kappa shape index (κ2) is 17.0. The first kappa shape index (κ1) is 32.5. The summed E-state index contributed by atoms with van der Waals surface area (Å²) >= 11 is 24.7. The van der Waals surface area contributed by atoms with Crippen LogP contribution in [0.3, 0.4) is 0 Å². The third-order valence-electron chi connectivity index (χ3n) is 4.61. The van der Waals surface area contributed by atoms with E-state index in [1.807, 2.05) is 27.7 Å². The summed E-state index contributed by atoms with van der Waals surface area (Å²) in [5.74, 6) is 0. The Kier molecular flexibility index (Phi) is 17.8. The van der Waals surface area contributed by atoms with Gasteiger partial charge in [0, 0.05) is 0 Å². The van der Waals surface area contributed by atoms with Gasteiger partial charge in [-0.1, -0.05) is 34.6 Å². The zero-order valence-electron chi connectivity index (χ0n) is 19.1. The van der Waals surface area contributed by atoms with Crippen molar-refractivity contribution in [2.75, 3.05) is 26.4 Å². The summed E-state index contributed by atoms with van der Waals surface area (Å²) in [7, 11) is -7.98. The van der Waals surface area contributed by atoms with Crippen molar-refractivity contribution in [3.8, 4) is 0 Å². The lowest BCUT2D eigenvalue weighted by molar-refractivity contribution is 0.178. The molecule has 31 heavy (non-hydrogen) atoms. The third-order valence-corrected chi connectivity index (χ3v) is 12.3. The van der Waals surface area contributed by atoms with Gasteiger partial charge in [0.25, 0.3) is 0 Å². The first-order valence-corrected chi connectivity index (χ1v) is 15.8. The second-order valence-electron chi connectivity index (χ2n) is 7.17. The molecule has 0 fully saturated rings. The minimum atomic E-state index is -3.99. The molecular weight excluding hydrogens is 528 g/mol. The summed E-state index contributed by atoms with van der Waals surface area (Å²) in [6.07, 6.45) is 2.57. The van der Waals surface area contributed by atoms with Gasteiger partial charge in [-0.3, -0.25) is 9.13 Å². The Morgan fingerprint density at radius 3 is 0.903 bits per heavy atom. The lowest BCUT2D eigenvalue weighted by Crippen LogP contribution is -2.23. The van der Waals surface area contributed by atoms with Crippen molar-refractivity contribution >= 4 is 61.6 Å². The average molecular weight is 566 g/mol. The molecule has 0 radical (unpaired) electrons. The van der Waals surface area contributed by atoms with Crippen LogP contribution in [-0.2, 0) is 27.2 Å². The highest BCUT2D eigenvalue weighted by atomic mass is 35.5. The topological polar surface area (TPSA) is 71.1 Å². The van der Waals surface area contributed by atoms with Crippen LogP contribution in [0.5, 0.6) is 0 Å². The van der Waals surface area contributed by atoms with E-state index in [2.05, 4.69) is 0 Å². The van der Waals surface area contributed by atoms with Crippen molar-refractivity contribution in [3.05, 3.63) is 0 Å². The number of hydrogen-bond donors (Lipinski definition) is 0. The Balaban J connectivity index is 5.94. The number of halogens is 4. The summed E-state index contributed by atoms with van der Waals surface area (Å²) in [5.41, 5.74) is 0. The Labute approximate surface area is 208 Å². The number of hydrogen-bond acceptors (Lipinski definition) is 6. The molecule has 0 aromatic heterocycles. The van der Waals surface area contributed by atoms with E-state index in [4.69, 9.17) is 64.5 Å². The van der Waals surface area contributed by atoms with Gasteiger partial charge in [0.05, 0.1) is 47.9 Å². The van der Waals surface area contributed by atoms with Crippen molar-refractivity contribution < 1.29 is 27.2 Å². The molecule has 0 bridgehead atoms. The van der Waals surface area contributed by atoms with Gasteiger partial charge >= 0.3 is 15.2 Å². The molecule has 6 nitrogen and oxygen atoms in total. The number of rotatable bonds is 19. The molecule has 0 N–H and O–H groups in total. The van der Waals surface area contributed by atoms with Gasteiger partial charge in [-0.2, -0.15) is 0 Å². The van der Waals surface area contributed by atoms with Gasteiger partial charge in [0.1, 0.15) is 0 Å². The van der Waals surface area contributed by atoms with Gasteiger partial charge in [-0.25, -0.2) is 0 Å². The van der Waals surface area contributed by atoms with Gasteiger partial charge in [-0.15, -0.1) is 46.4 Å². The Morgan fingerprint density at radius 1 is 0.516 bits per heavy atom. The minimum Gasteiger partial charge on any atom is -0.306 e. The van der Waals surface area contributed by atoms with Crippen LogP contribution in [0.1, 0.15) is 66.7 Å². The van der Waals surface area contributed by atoms with Crippen LogP contribution in [0.25, 0.3) is 0 Å². The molecular formula is C19H38Cl4O6P2. The standard InChI is InChI=1S/C19H38Cl4O6P2/c1-6-15(20)11-26-30(24,27-12-16(21)7-2)19(10-5)31(25,28-13-17(22)8-3)29-14-18(23)9-4/h15-19H,6-14H2,1-5H3/t15-,16+,17-,18+,19?,30?,31?. The average Bonchev–Trinajstić information content (AvgIpc) is 2.78. The monoisotopic (exact) mass is 564 g/mol. The fourth-order valence-electron chi connectivity index (χ4n) is 2.25. The summed E-state index contributed by atoms with van der Waals surface area (Å²) in [6, 6.07) is 0. The van der Waals surface area contributed by atoms with E-state index >= 15 is 0 Å². The van der Waals surface area contributed by atoms with Crippen molar-refractivity contribution in [2.24, 2.45) is 0 Å². The molecule has 0 saturated carbocycles. The lowest BCUT2D eigenvalue weighted by atomic mass is 10.4. The molecule has 0 spiro atoms. The predicted molar refractivity (Wildman–Crippen MR) is 133 cm³/mol. The fraction of sp³-hybridized carbons (Fsp3) is 1.00. The predicted octanol–water partition coefficient (Wildman–Crippen LogP) is 8.24. The smallest absolute Gasteiger partial charge is 0.306 e. The Morgan fingerprint density at radius 2 is 0.742 bits per heavy atom. The zero-order valence-corrected chi connectivity index (χ0v) is 23.9. The summed E-state index contributed by atoms with van der Waals surface area (Å²) in [6.45, 7) is 9.09. The molecule has 2 unspecified atom stereocenters. The van der Waals surface area contributed by atoms with E-state index in [9.17, 15) is 9.13 Å². The van der Waals surface area contributed by atoms with Crippen LogP contribution in [0, 0.1) is 0 Å². The van der Waals surface area contributed by atoms with Crippen LogP contribution in [0.4, 0.5) is 0 Å². The maximum atomic E-state index is 13.9. The minimum absolute atomic E-state index is 0.0366. The fourth-order valence-corrected chi connectivity index (χ4v) is 8.32. The van der Waals surface area contributed by atoms with E-state index in [1.165, 1.54) is 0 Å². The zero-order chi connectivity index (χ0) is 24.1. The van der Waals surface area contributed by atoms with E-state index < -0.39 is 20.6 Å². The van der Waals surface area contributed by atoms with Gasteiger partial charge in [0.15, 0.2) is 5.40 Å². The maximum Gasteiger partial charge on any atom is 0.345 e. The molecule has 0 amide bonds. The highest BCUT2D eigenvalue weighted by Gasteiger charge is 2.51. The van der Waals surface area contributed by atoms with Gasteiger partial charge < -0.3 is 18.1 Å². The van der Waals surface area contributed by atoms with Crippen LogP contribution >= 0.6 is 61.6 Å². The summed E-state index contributed by atoms with van der Waals surface area (Å²) in [4.78, 5) is 0. The van der Waals surface area contributed by atoms with Crippen molar-refractivity contribution in [3.63, 3.8) is 0 Å². The molecule has 0 saturated heterocycles. The number of alkyl halides is 4. The second-order valence-corrected chi connectivity index (χ2v) is 14.5. The molecule has 0 aromatic carbocycles. The molecule has 188 valence electrons.